The van der Waals surface area contributed by atoms with Gasteiger partial charge >= 0.3 is 5.97 Å². The molecule has 0 aromatic heterocycles. The van der Waals surface area contributed by atoms with E-state index in [4.69, 9.17) is 21.0 Å². The largest absolute Gasteiger partial charge is 0.493 e. The molecule has 7 nitrogen and oxygen atoms in total. The molecule has 2 aromatic rings. The van der Waals surface area contributed by atoms with Crippen LogP contribution >= 0.6 is 0 Å². The zero-order valence-corrected chi connectivity index (χ0v) is 15.9. The number of carbonyl (C=O) groups is 2. The fraction of sp³-hybridized carbons (Fsp3) is 0.136. The SMILES string of the molecule is C#CCOc1ccc(/C=C2\C(=O)N(c3cccc(C(=O)O)c3)N=C2C)cc1OC. The van der Waals surface area contributed by atoms with Crippen molar-refractivity contribution in [3.8, 4) is 23.8 Å². The van der Waals surface area contributed by atoms with Crippen LogP contribution in [0, 0.1) is 12.3 Å². The number of hydrogen-bond acceptors (Lipinski definition) is 5. The maximum Gasteiger partial charge on any atom is 0.335 e. The van der Waals surface area contributed by atoms with Gasteiger partial charge < -0.3 is 14.6 Å². The van der Waals surface area contributed by atoms with Crippen molar-refractivity contribution < 1.29 is 24.2 Å². The summed E-state index contributed by atoms with van der Waals surface area (Å²) in [6.07, 6.45) is 6.90. The molecule has 0 saturated heterocycles. The van der Waals surface area contributed by atoms with E-state index in [0.717, 1.165) is 0 Å². The van der Waals surface area contributed by atoms with Crippen LogP contribution in [0.3, 0.4) is 0 Å². The minimum Gasteiger partial charge on any atom is -0.493 e. The molecule has 0 spiro atoms. The van der Waals surface area contributed by atoms with Crippen LogP contribution in [0.1, 0.15) is 22.8 Å². The van der Waals surface area contributed by atoms with Crippen LogP contribution < -0.4 is 14.5 Å². The van der Waals surface area contributed by atoms with E-state index in [9.17, 15) is 9.59 Å². The number of benzene rings is 2. The van der Waals surface area contributed by atoms with E-state index in [1.807, 2.05) is 0 Å². The molecule has 7 heteroatoms. The van der Waals surface area contributed by atoms with E-state index in [1.165, 1.54) is 24.3 Å². The van der Waals surface area contributed by atoms with E-state index in [-0.39, 0.29) is 18.1 Å². The molecule has 2 aromatic carbocycles. The van der Waals surface area contributed by atoms with Gasteiger partial charge in [-0.3, -0.25) is 4.79 Å². The van der Waals surface area contributed by atoms with Crippen LogP contribution in [0.4, 0.5) is 5.69 Å². The van der Waals surface area contributed by atoms with Gasteiger partial charge in [0.05, 0.1) is 29.6 Å². The number of anilines is 1. The minimum absolute atomic E-state index is 0.0767. The third kappa shape index (κ3) is 4.12. The molecule has 0 bridgehead atoms. The first-order valence-corrected chi connectivity index (χ1v) is 8.64. The van der Waals surface area contributed by atoms with Gasteiger partial charge in [-0.25, -0.2) is 4.79 Å². The van der Waals surface area contributed by atoms with Gasteiger partial charge in [0.1, 0.15) is 6.61 Å². The summed E-state index contributed by atoms with van der Waals surface area (Å²) in [6.45, 7) is 1.83. The third-order valence-electron chi connectivity index (χ3n) is 4.21. The standard InChI is InChI=1S/C22H18N2O5/c1-4-10-29-19-9-8-15(12-20(19)28-3)11-18-14(2)23-24(21(18)25)17-7-5-6-16(13-17)22(26)27/h1,5-9,11-13H,10H2,2-3H3,(H,26,27)/b18-11-. The monoisotopic (exact) mass is 390 g/mol. The normalized spacial score (nSPS) is 14.5. The van der Waals surface area contributed by atoms with Crippen LogP contribution in [0.25, 0.3) is 6.08 Å². The van der Waals surface area contributed by atoms with Crippen LogP contribution in [0.15, 0.2) is 53.1 Å². The van der Waals surface area contributed by atoms with E-state index >= 15 is 0 Å². The Kier molecular flexibility index (Phi) is 5.65. The van der Waals surface area contributed by atoms with Crippen molar-refractivity contribution in [2.45, 2.75) is 6.92 Å². The summed E-state index contributed by atoms with van der Waals surface area (Å²) >= 11 is 0. The smallest absolute Gasteiger partial charge is 0.335 e. The maximum absolute atomic E-state index is 12.9. The second kappa shape index (κ2) is 8.31. The molecule has 1 N–H and O–H groups in total. The second-order valence-electron chi connectivity index (χ2n) is 6.12. The zero-order valence-electron chi connectivity index (χ0n) is 15.9. The molecule has 0 atom stereocenters. The van der Waals surface area contributed by atoms with Gasteiger partial charge in [0.15, 0.2) is 11.5 Å². The number of carboxylic acid groups (broad SMARTS) is 1. The van der Waals surface area contributed by atoms with Crippen molar-refractivity contribution in [3.05, 3.63) is 59.2 Å². The Morgan fingerprint density at radius 3 is 2.76 bits per heavy atom. The van der Waals surface area contributed by atoms with Gasteiger partial charge in [0.25, 0.3) is 5.91 Å². The number of aromatic carboxylic acids is 1. The lowest BCUT2D eigenvalue weighted by Crippen LogP contribution is -2.21. The Bertz CT molecular complexity index is 1080. The number of carbonyl (C=O) groups excluding carboxylic acids is 1. The number of methoxy groups -OCH3 is 1. The molecule has 0 fully saturated rings. The molecule has 146 valence electrons. The van der Waals surface area contributed by atoms with Gasteiger partial charge in [-0.1, -0.05) is 18.1 Å². The summed E-state index contributed by atoms with van der Waals surface area (Å²) < 4.78 is 10.7. The quantitative estimate of drug-likeness (QED) is 0.604. The molecule has 3 rings (SSSR count). The van der Waals surface area contributed by atoms with Crippen molar-refractivity contribution in [3.63, 3.8) is 0 Å². The lowest BCUT2D eigenvalue weighted by atomic mass is 10.1. The lowest BCUT2D eigenvalue weighted by Gasteiger charge is -2.12. The number of nitrogens with zero attached hydrogens (tertiary/aromatic N) is 2. The van der Waals surface area contributed by atoms with Crippen LogP contribution in [0.5, 0.6) is 11.5 Å². The Hall–Kier alpha value is -4.05. The van der Waals surface area contributed by atoms with Gasteiger partial charge in [-0.2, -0.15) is 10.1 Å². The minimum atomic E-state index is -1.07. The second-order valence-corrected chi connectivity index (χ2v) is 6.12. The number of hydrogen-bond donors (Lipinski definition) is 1. The molecule has 0 unspecified atom stereocenters. The van der Waals surface area contributed by atoms with E-state index < -0.39 is 5.97 Å². The Labute approximate surface area is 167 Å². The highest BCUT2D eigenvalue weighted by atomic mass is 16.5. The van der Waals surface area contributed by atoms with E-state index in [0.29, 0.717) is 34.0 Å². The van der Waals surface area contributed by atoms with Crippen molar-refractivity contribution in [1.82, 2.24) is 0 Å². The average Bonchev–Trinajstić information content (AvgIpc) is 3.01. The topological polar surface area (TPSA) is 88.4 Å². The summed E-state index contributed by atoms with van der Waals surface area (Å²) in [5.41, 5.74) is 2.09. The van der Waals surface area contributed by atoms with Crippen molar-refractivity contribution in [1.29, 1.82) is 0 Å². The van der Waals surface area contributed by atoms with Crippen molar-refractivity contribution in [2.24, 2.45) is 5.10 Å². The summed E-state index contributed by atoms with van der Waals surface area (Å²) in [6, 6.07) is 11.3. The summed E-state index contributed by atoms with van der Waals surface area (Å²) in [4.78, 5) is 24.1. The highest BCUT2D eigenvalue weighted by molar-refractivity contribution is 6.32. The Morgan fingerprint density at radius 1 is 1.28 bits per heavy atom. The fourth-order valence-corrected chi connectivity index (χ4v) is 2.81. The molecular weight excluding hydrogens is 372 g/mol. The van der Waals surface area contributed by atoms with Crippen LogP contribution in [-0.4, -0.2) is 36.4 Å². The fourth-order valence-electron chi connectivity index (χ4n) is 2.81. The third-order valence-corrected chi connectivity index (χ3v) is 4.21. The molecule has 1 aliphatic rings. The van der Waals surface area contributed by atoms with Gasteiger partial charge in [0.2, 0.25) is 0 Å². The number of carboxylic acids is 1. The van der Waals surface area contributed by atoms with E-state index in [2.05, 4.69) is 11.0 Å². The predicted molar refractivity (Wildman–Crippen MR) is 109 cm³/mol. The molecule has 1 amide bonds. The van der Waals surface area contributed by atoms with Gasteiger partial charge in [-0.15, -0.1) is 6.42 Å². The van der Waals surface area contributed by atoms with Crippen LogP contribution in [-0.2, 0) is 4.79 Å². The number of ether oxygens (including phenoxy) is 2. The number of rotatable bonds is 6. The number of amides is 1. The van der Waals surface area contributed by atoms with Crippen molar-refractivity contribution >= 4 is 29.4 Å². The molecule has 0 aliphatic carbocycles. The summed E-state index contributed by atoms with van der Waals surface area (Å²) in [5.74, 6) is 1.96. The molecule has 29 heavy (non-hydrogen) atoms. The molecule has 0 radical (unpaired) electrons. The van der Waals surface area contributed by atoms with Gasteiger partial charge in [-0.05, 0) is 48.9 Å². The Balaban J connectivity index is 1.91. The van der Waals surface area contributed by atoms with Gasteiger partial charge in [0, 0.05) is 0 Å². The first kappa shape index (κ1) is 19.7. The molecule has 1 aliphatic heterocycles. The highest BCUT2D eigenvalue weighted by Gasteiger charge is 2.29. The zero-order chi connectivity index (χ0) is 21.0. The van der Waals surface area contributed by atoms with Crippen LogP contribution in [0.2, 0.25) is 0 Å². The maximum atomic E-state index is 12.9. The molecular formula is C22H18N2O5. The number of terminal acetylenes is 1. The molecule has 0 saturated carbocycles. The van der Waals surface area contributed by atoms with Crippen molar-refractivity contribution in [2.75, 3.05) is 18.7 Å². The highest BCUT2D eigenvalue weighted by Crippen LogP contribution is 2.30. The van der Waals surface area contributed by atoms with E-state index in [1.54, 1.807) is 43.3 Å². The first-order valence-electron chi connectivity index (χ1n) is 8.64. The first-order chi connectivity index (χ1) is 13.9. The summed E-state index contributed by atoms with van der Waals surface area (Å²) in [7, 11) is 1.51. The lowest BCUT2D eigenvalue weighted by molar-refractivity contribution is -0.114. The predicted octanol–water partition coefficient (Wildman–Crippen LogP) is 3.21. The molecule has 1 heterocycles. The number of hydrazone groups is 1. The average molecular weight is 390 g/mol. The summed E-state index contributed by atoms with van der Waals surface area (Å²) in [5, 5.41) is 14.6. The Morgan fingerprint density at radius 2 is 2.07 bits per heavy atom.